The van der Waals surface area contributed by atoms with E-state index in [1.807, 2.05) is 42.0 Å². The molecule has 23 heavy (non-hydrogen) atoms. The van der Waals surface area contributed by atoms with E-state index in [-0.39, 0.29) is 0 Å². The summed E-state index contributed by atoms with van der Waals surface area (Å²) in [6.07, 6.45) is 5.73. The molecular weight excluding hydrogens is 354 g/mol. The molecule has 0 atom stereocenters. The van der Waals surface area contributed by atoms with Gasteiger partial charge in [0.25, 0.3) is 5.69 Å². The van der Waals surface area contributed by atoms with Gasteiger partial charge in [-0.2, -0.15) is 0 Å². The number of pyridine rings is 1. The van der Waals surface area contributed by atoms with Crippen LogP contribution >= 0.6 is 15.9 Å². The molecule has 0 saturated heterocycles. The van der Waals surface area contributed by atoms with Gasteiger partial charge in [0.1, 0.15) is 0 Å². The molecule has 0 aliphatic carbocycles. The Bertz CT molecular complexity index is 1040. The number of nitroso groups, excluding NO2 is 1. The van der Waals surface area contributed by atoms with Gasteiger partial charge in [0.05, 0.1) is 0 Å². The van der Waals surface area contributed by atoms with Crippen LogP contribution in [0.5, 0.6) is 0 Å². The summed E-state index contributed by atoms with van der Waals surface area (Å²) in [5, 5.41) is 5.26. The summed E-state index contributed by atoms with van der Waals surface area (Å²) in [4.78, 5) is 15.0. The third-order valence-corrected chi connectivity index (χ3v) is 4.65. The van der Waals surface area contributed by atoms with Crippen molar-refractivity contribution in [1.82, 2.24) is 9.55 Å². The minimum absolute atomic E-state index is 0.581. The van der Waals surface area contributed by atoms with Gasteiger partial charge in [-0.3, -0.25) is 4.98 Å². The summed E-state index contributed by atoms with van der Waals surface area (Å²) >= 11 is 3.56. The van der Waals surface area contributed by atoms with Crippen molar-refractivity contribution in [2.24, 2.45) is 0 Å². The maximum atomic E-state index is 10.8. The lowest BCUT2D eigenvalue weighted by Gasteiger charge is -2.08. The molecule has 4 nitrogen and oxygen atoms in total. The van der Waals surface area contributed by atoms with Gasteiger partial charge in [0, 0.05) is 68.1 Å². The monoisotopic (exact) mass is 366 g/mol. The van der Waals surface area contributed by atoms with Crippen LogP contribution in [0.25, 0.3) is 21.7 Å². The Labute approximate surface area is 140 Å². The number of hydrogen-bond acceptors (Lipinski definition) is 2. The van der Waals surface area contributed by atoms with E-state index < -0.39 is 0 Å². The Hall–Kier alpha value is -2.53. The van der Waals surface area contributed by atoms with E-state index in [4.69, 9.17) is 0 Å². The van der Waals surface area contributed by atoms with Gasteiger partial charge in [-0.1, -0.05) is 12.1 Å². The molecule has 2 aromatic heterocycles. The number of halogens is 1. The predicted octanol–water partition coefficient (Wildman–Crippen LogP) is 3.48. The molecule has 0 bridgehead atoms. The minimum Gasteiger partial charge on any atom is -0.343 e. The first kappa shape index (κ1) is 14.1. The molecule has 2 heterocycles. The zero-order valence-corrected chi connectivity index (χ0v) is 13.7. The summed E-state index contributed by atoms with van der Waals surface area (Å²) < 4.78 is 3.18. The largest absolute Gasteiger partial charge is 0.343 e. The van der Waals surface area contributed by atoms with Gasteiger partial charge in [-0.15, -0.1) is 0 Å². The van der Waals surface area contributed by atoms with Crippen LogP contribution in [0.4, 0.5) is 5.69 Å². The van der Waals surface area contributed by atoms with Crippen LogP contribution in [0.15, 0.2) is 65.5 Å². The number of aromatic nitrogens is 2. The Balaban J connectivity index is 1.75. The predicted molar refractivity (Wildman–Crippen MR) is 94.5 cm³/mol. The van der Waals surface area contributed by atoms with E-state index in [9.17, 15) is 4.91 Å². The van der Waals surface area contributed by atoms with E-state index in [2.05, 4.69) is 43.7 Å². The maximum Gasteiger partial charge on any atom is 0.254 e. The van der Waals surface area contributed by atoms with Crippen molar-refractivity contribution < 1.29 is 5.18 Å². The molecule has 112 valence electrons. The molecule has 4 rings (SSSR count). The van der Waals surface area contributed by atoms with E-state index in [1.165, 1.54) is 5.56 Å². The Morgan fingerprint density at radius 2 is 1.96 bits per heavy atom. The number of fused-ring (bicyclic) bond motifs is 2. The van der Waals surface area contributed by atoms with Crippen molar-refractivity contribution in [3.63, 3.8) is 0 Å². The highest BCUT2D eigenvalue weighted by molar-refractivity contribution is 9.10. The number of nitrogens with one attached hydrogen (secondary N) is 1. The minimum atomic E-state index is 0.581. The maximum absolute atomic E-state index is 10.8. The van der Waals surface area contributed by atoms with Gasteiger partial charge < -0.3 is 4.57 Å². The van der Waals surface area contributed by atoms with Crippen LogP contribution in [-0.2, 0) is 6.54 Å². The molecule has 0 spiro atoms. The molecule has 0 aliphatic heterocycles. The van der Waals surface area contributed by atoms with Crippen molar-refractivity contribution in [1.29, 1.82) is 0 Å². The second kappa shape index (κ2) is 5.59. The normalized spacial score (nSPS) is 11.2. The number of rotatable bonds is 3. The van der Waals surface area contributed by atoms with E-state index in [0.29, 0.717) is 5.69 Å². The Morgan fingerprint density at radius 1 is 1.04 bits per heavy atom. The van der Waals surface area contributed by atoms with Crippen LogP contribution < -0.4 is 5.18 Å². The van der Waals surface area contributed by atoms with Crippen molar-refractivity contribution in [2.75, 3.05) is 0 Å². The number of hydrogen-bond donors (Lipinski definition) is 1. The number of nitrogens with zero attached hydrogens (tertiary/aromatic N) is 2. The van der Waals surface area contributed by atoms with Crippen molar-refractivity contribution >= 4 is 43.3 Å². The molecule has 0 unspecified atom stereocenters. The summed E-state index contributed by atoms with van der Waals surface area (Å²) in [6.45, 7) is 0.776. The molecule has 0 amide bonds. The topological polar surface area (TPSA) is 48.9 Å². The van der Waals surface area contributed by atoms with Crippen LogP contribution in [0.2, 0.25) is 0 Å². The highest BCUT2D eigenvalue weighted by Crippen LogP contribution is 2.25. The molecule has 0 aliphatic rings. The summed E-state index contributed by atoms with van der Waals surface area (Å²) in [5.74, 6) is 0. The van der Waals surface area contributed by atoms with Crippen molar-refractivity contribution in [3.05, 3.63) is 76.0 Å². The van der Waals surface area contributed by atoms with Gasteiger partial charge in [-0.25, -0.2) is 0 Å². The molecular formula is C18H13BrN3O+. The summed E-state index contributed by atoms with van der Waals surface area (Å²) in [7, 11) is 0. The second-order valence-corrected chi connectivity index (χ2v) is 6.35. The fourth-order valence-electron chi connectivity index (χ4n) is 2.87. The number of benzene rings is 2. The smallest absolute Gasteiger partial charge is 0.254 e. The average molecular weight is 367 g/mol. The first-order valence-electron chi connectivity index (χ1n) is 7.24. The standard InChI is InChI=1S/C18H12BrN3O/c19-17-10-20-9-14-2-1-12(7-16(14)17)11-22-6-5-13-8-15(21-23)3-4-18(13)22/h1-10H,11H2/p+1. The lowest BCUT2D eigenvalue weighted by molar-refractivity contribution is -0.379. The fraction of sp³-hybridized carbons (Fsp3) is 0.0556. The second-order valence-electron chi connectivity index (χ2n) is 5.50. The lowest BCUT2D eigenvalue weighted by Crippen LogP contribution is -2.55. The Morgan fingerprint density at radius 3 is 2.83 bits per heavy atom. The SMILES string of the molecule is O=[NH+]c1ccc2c(ccn2Cc2ccc3cncc(Br)c3c2)c1. The third-order valence-electron chi connectivity index (χ3n) is 4.02. The molecule has 1 N–H and O–H groups in total. The van der Waals surface area contributed by atoms with Gasteiger partial charge in [0.15, 0.2) is 0 Å². The van der Waals surface area contributed by atoms with E-state index >= 15 is 0 Å². The lowest BCUT2D eigenvalue weighted by atomic mass is 10.1. The quantitative estimate of drug-likeness (QED) is 0.603. The fourth-order valence-corrected chi connectivity index (χ4v) is 3.33. The first-order valence-corrected chi connectivity index (χ1v) is 8.03. The first-order chi connectivity index (χ1) is 11.2. The zero-order chi connectivity index (χ0) is 15.8. The van der Waals surface area contributed by atoms with Crippen LogP contribution in [0, 0.1) is 4.91 Å². The molecule has 0 radical (unpaired) electrons. The summed E-state index contributed by atoms with van der Waals surface area (Å²) in [6, 6.07) is 14.0. The highest BCUT2D eigenvalue weighted by atomic mass is 79.9. The summed E-state index contributed by atoms with van der Waals surface area (Å²) in [5.41, 5.74) is 2.91. The van der Waals surface area contributed by atoms with Gasteiger partial charge in [0.2, 0.25) is 0 Å². The Kier molecular flexibility index (Phi) is 3.42. The average Bonchev–Trinajstić information content (AvgIpc) is 2.98. The van der Waals surface area contributed by atoms with Crippen molar-refractivity contribution in [2.45, 2.75) is 6.54 Å². The van der Waals surface area contributed by atoms with E-state index in [1.54, 1.807) is 6.07 Å². The third kappa shape index (κ3) is 2.53. The zero-order valence-electron chi connectivity index (χ0n) is 12.2. The molecule has 5 heteroatoms. The highest BCUT2D eigenvalue weighted by Gasteiger charge is 2.07. The van der Waals surface area contributed by atoms with Crippen molar-refractivity contribution in [3.8, 4) is 0 Å². The van der Waals surface area contributed by atoms with E-state index in [0.717, 1.165) is 32.7 Å². The van der Waals surface area contributed by atoms with Gasteiger partial charge >= 0.3 is 0 Å². The van der Waals surface area contributed by atoms with Crippen LogP contribution in [-0.4, -0.2) is 9.55 Å². The molecule has 2 aromatic carbocycles. The van der Waals surface area contributed by atoms with Gasteiger partial charge in [-0.05, 0) is 45.1 Å². The molecule has 0 saturated carbocycles. The van der Waals surface area contributed by atoms with Crippen LogP contribution in [0.3, 0.4) is 0 Å². The molecule has 4 aromatic rings. The van der Waals surface area contributed by atoms with Crippen LogP contribution in [0.1, 0.15) is 5.56 Å². The molecule has 0 fully saturated rings.